The van der Waals surface area contributed by atoms with E-state index in [-0.39, 0.29) is 16.7 Å². The molecule has 1 saturated carbocycles. The highest BCUT2D eigenvalue weighted by molar-refractivity contribution is 7.92. The van der Waals surface area contributed by atoms with E-state index in [4.69, 9.17) is 0 Å². The molecule has 0 aliphatic heterocycles. The van der Waals surface area contributed by atoms with Gasteiger partial charge in [0.25, 0.3) is 10.0 Å². The molecule has 0 amide bonds. The minimum absolute atomic E-state index is 0.000124. The summed E-state index contributed by atoms with van der Waals surface area (Å²) in [5, 5.41) is 14.2. The molecule has 0 unspecified atom stereocenters. The number of anilines is 1. The second kappa shape index (κ2) is 7.08. The molecule has 0 atom stereocenters. The Hall–Kier alpha value is -2.80. The largest absolute Gasteiger partial charge is 0.508 e. The van der Waals surface area contributed by atoms with Gasteiger partial charge in [-0.25, -0.2) is 8.42 Å². The summed E-state index contributed by atoms with van der Waals surface area (Å²) >= 11 is 0. The minimum atomic E-state index is -3.86. The number of hydrogen-bond acceptors (Lipinski definition) is 4. The molecule has 2 N–H and O–H groups in total. The van der Waals surface area contributed by atoms with Gasteiger partial charge in [-0.3, -0.25) is 9.40 Å². The van der Waals surface area contributed by atoms with Crippen LogP contribution >= 0.6 is 0 Å². The summed E-state index contributed by atoms with van der Waals surface area (Å²) in [6, 6.07) is 15.6. The zero-order valence-electron chi connectivity index (χ0n) is 14.7. The summed E-state index contributed by atoms with van der Waals surface area (Å²) in [6.45, 7) is 0. The Labute approximate surface area is 158 Å². The molecule has 1 aromatic heterocycles. The number of phenolic OH excluding ortho intramolecular Hbond substituents is 1. The molecule has 1 fully saturated rings. The van der Waals surface area contributed by atoms with Crippen molar-refractivity contribution in [2.45, 2.75) is 36.6 Å². The Morgan fingerprint density at radius 2 is 1.78 bits per heavy atom. The van der Waals surface area contributed by atoms with Gasteiger partial charge in [0, 0.05) is 17.8 Å². The Bertz CT molecular complexity index is 1040. The lowest BCUT2D eigenvalue weighted by atomic mass is 10.2. The third kappa shape index (κ3) is 3.68. The normalized spacial score (nSPS) is 15.1. The maximum atomic E-state index is 13.1. The van der Waals surface area contributed by atoms with Crippen LogP contribution in [0.25, 0.3) is 11.3 Å². The van der Waals surface area contributed by atoms with Gasteiger partial charge in [0.15, 0.2) is 0 Å². The molecule has 6 nitrogen and oxygen atoms in total. The van der Waals surface area contributed by atoms with E-state index < -0.39 is 10.0 Å². The lowest BCUT2D eigenvalue weighted by molar-refractivity contribution is 0.467. The van der Waals surface area contributed by atoms with Crippen LogP contribution in [-0.2, 0) is 10.0 Å². The summed E-state index contributed by atoms with van der Waals surface area (Å²) in [5.74, 6) is 0.000124. The first-order chi connectivity index (χ1) is 13.0. The molecule has 0 spiro atoms. The molecule has 1 aliphatic carbocycles. The summed E-state index contributed by atoms with van der Waals surface area (Å²) in [7, 11) is -3.86. The summed E-state index contributed by atoms with van der Waals surface area (Å²) < 4.78 is 30.5. The van der Waals surface area contributed by atoms with Crippen molar-refractivity contribution in [3.8, 4) is 17.0 Å². The SMILES string of the molecule is O=S(=O)(Nc1cccc(O)c1)c1cn(C2CCCC2)nc1-c1ccccc1. The molecule has 0 radical (unpaired) electrons. The highest BCUT2D eigenvalue weighted by Gasteiger charge is 2.27. The van der Waals surface area contributed by atoms with Gasteiger partial charge in [0.05, 0.1) is 11.7 Å². The summed E-state index contributed by atoms with van der Waals surface area (Å²) in [5.41, 5.74) is 1.50. The maximum absolute atomic E-state index is 13.1. The van der Waals surface area contributed by atoms with E-state index in [1.807, 2.05) is 30.3 Å². The van der Waals surface area contributed by atoms with Gasteiger partial charge >= 0.3 is 0 Å². The predicted molar refractivity (Wildman–Crippen MR) is 104 cm³/mol. The number of benzene rings is 2. The van der Waals surface area contributed by atoms with Gasteiger partial charge in [-0.05, 0) is 25.0 Å². The summed E-state index contributed by atoms with van der Waals surface area (Å²) in [6.07, 6.45) is 5.91. The number of sulfonamides is 1. The van der Waals surface area contributed by atoms with Crippen LogP contribution in [0.2, 0.25) is 0 Å². The van der Waals surface area contributed by atoms with Gasteiger partial charge < -0.3 is 5.11 Å². The number of aromatic hydroxyl groups is 1. The smallest absolute Gasteiger partial charge is 0.265 e. The van der Waals surface area contributed by atoms with Crippen LogP contribution in [0.3, 0.4) is 0 Å². The van der Waals surface area contributed by atoms with Crippen LogP contribution in [0.5, 0.6) is 5.75 Å². The quantitative estimate of drug-likeness (QED) is 0.692. The van der Waals surface area contributed by atoms with Crippen LogP contribution in [0, 0.1) is 0 Å². The molecule has 1 heterocycles. The van der Waals surface area contributed by atoms with E-state index in [0.717, 1.165) is 31.2 Å². The molecular formula is C20H21N3O3S. The second-order valence-corrected chi connectivity index (χ2v) is 8.43. The van der Waals surface area contributed by atoms with Gasteiger partial charge in [-0.1, -0.05) is 49.2 Å². The number of aromatic nitrogens is 2. The summed E-state index contributed by atoms with van der Waals surface area (Å²) in [4.78, 5) is 0.143. The zero-order valence-corrected chi connectivity index (χ0v) is 15.6. The molecule has 4 rings (SSSR count). The van der Waals surface area contributed by atoms with Crippen LogP contribution in [0.1, 0.15) is 31.7 Å². The first kappa shape index (κ1) is 17.6. The Balaban J connectivity index is 1.77. The zero-order chi connectivity index (χ0) is 18.9. The Morgan fingerprint density at radius 3 is 2.48 bits per heavy atom. The van der Waals surface area contributed by atoms with E-state index >= 15 is 0 Å². The van der Waals surface area contributed by atoms with Crippen LogP contribution < -0.4 is 4.72 Å². The third-order valence-corrected chi connectivity index (χ3v) is 6.21. The molecule has 7 heteroatoms. The standard InChI is InChI=1S/C20H21N3O3S/c24-18-12-6-9-16(13-18)22-27(25,26)19-14-23(17-10-4-5-11-17)21-20(19)15-7-2-1-3-8-15/h1-3,6-9,12-14,17,22,24H,4-5,10-11H2. The topological polar surface area (TPSA) is 84.2 Å². The van der Waals surface area contributed by atoms with Crippen LogP contribution in [0.15, 0.2) is 65.7 Å². The van der Waals surface area contributed by atoms with E-state index in [2.05, 4.69) is 9.82 Å². The van der Waals surface area contributed by atoms with Crippen LogP contribution in [0.4, 0.5) is 5.69 Å². The third-order valence-electron chi connectivity index (χ3n) is 4.83. The van der Waals surface area contributed by atoms with Crippen molar-refractivity contribution in [1.82, 2.24) is 9.78 Å². The fourth-order valence-corrected chi connectivity index (χ4v) is 4.71. The van der Waals surface area contributed by atoms with Gasteiger partial charge in [0.2, 0.25) is 0 Å². The van der Waals surface area contributed by atoms with E-state index in [9.17, 15) is 13.5 Å². The van der Waals surface area contributed by atoms with Crippen molar-refractivity contribution >= 4 is 15.7 Å². The lowest BCUT2D eigenvalue weighted by Crippen LogP contribution is -2.13. The Kier molecular flexibility index (Phi) is 4.61. The predicted octanol–water partition coefficient (Wildman–Crippen LogP) is 4.17. The highest BCUT2D eigenvalue weighted by atomic mass is 32.2. The molecule has 0 saturated heterocycles. The van der Waals surface area contributed by atoms with Gasteiger partial charge in [-0.2, -0.15) is 5.10 Å². The van der Waals surface area contributed by atoms with E-state index in [1.165, 1.54) is 12.1 Å². The van der Waals surface area contributed by atoms with Crippen molar-refractivity contribution in [1.29, 1.82) is 0 Å². The maximum Gasteiger partial charge on any atom is 0.265 e. The molecule has 140 valence electrons. The number of phenols is 1. The Morgan fingerprint density at radius 1 is 1.04 bits per heavy atom. The monoisotopic (exact) mass is 383 g/mol. The van der Waals surface area contributed by atoms with Gasteiger partial charge in [0.1, 0.15) is 16.3 Å². The number of rotatable bonds is 5. The molecule has 1 aliphatic rings. The van der Waals surface area contributed by atoms with Crippen LogP contribution in [-0.4, -0.2) is 23.3 Å². The molecule has 3 aromatic rings. The van der Waals surface area contributed by atoms with E-state index in [1.54, 1.807) is 23.0 Å². The van der Waals surface area contributed by atoms with Crippen molar-refractivity contribution in [2.75, 3.05) is 4.72 Å². The number of hydrogen-bond donors (Lipinski definition) is 2. The fraction of sp³-hybridized carbons (Fsp3) is 0.250. The van der Waals surface area contributed by atoms with Crippen molar-refractivity contribution < 1.29 is 13.5 Å². The highest BCUT2D eigenvalue weighted by Crippen LogP contribution is 2.34. The number of nitrogens with zero attached hydrogens (tertiary/aromatic N) is 2. The molecular weight excluding hydrogens is 362 g/mol. The number of nitrogens with one attached hydrogen (secondary N) is 1. The average molecular weight is 383 g/mol. The van der Waals surface area contributed by atoms with Crippen molar-refractivity contribution in [2.24, 2.45) is 0 Å². The van der Waals surface area contributed by atoms with Crippen molar-refractivity contribution in [3.05, 3.63) is 60.8 Å². The first-order valence-electron chi connectivity index (χ1n) is 8.99. The average Bonchev–Trinajstić information content (AvgIpc) is 3.32. The molecule has 27 heavy (non-hydrogen) atoms. The minimum Gasteiger partial charge on any atom is -0.508 e. The van der Waals surface area contributed by atoms with E-state index in [0.29, 0.717) is 11.4 Å². The van der Waals surface area contributed by atoms with Gasteiger partial charge in [-0.15, -0.1) is 0 Å². The lowest BCUT2D eigenvalue weighted by Gasteiger charge is -2.09. The molecule has 2 aromatic carbocycles. The fourth-order valence-electron chi connectivity index (χ4n) is 3.50. The second-order valence-electron chi connectivity index (χ2n) is 6.78. The first-order valence-corrected chi connectivity index (χ1v) is 10.5. The molecule has 0 bridgehead atoms. The van der Waals surface area contributed by atoms with Crippen molar-refractivity contribution in [3.63, 3.8) is 0 Å².